The van der Waals surface area contributed by atoms with Gasteiger partial charge >= 0.3 is 5.97 Å². The number of hydrogen-bond donors (Lipinski definition) is 0. The molecule has 8 heteroatoms. The van der Waals surface area contributed by atoms with E-state index in [0.717, 1.165) is 0 Å². The van der Waals surface area contributed by atoms with E-state index in [9.17, 15) is 13.2 Å². The Kier molecular flexibility index (Phi) is 4.12. The average Bonchev–Trinajstić information content (AvgIpc) is 2.94. The summed E-state index contributed by atoms with van der Waals surface area (Å²) >= 11 is 0. The highest BCUT2D eigenvalue weighted by molar-refractivity contribution is 7.89. The maximum atomic E-state index is 12.7. The molecule has 0 saturated carbocycles. The molecule has 1 fully saturated rings. The highest BCUT2D eigenvalue weighted by Crippen LogP contribution is 2.27. The molecule has 0 unspecified atom stereocenters. The fourth-order valence-corrected chi connectivity index (χ4v) is 4.12. The summed E-state index contributed by atoms with van der Waals surface area (Å²) in [6.07, 6.45) is 2.54. The first-order valence-electron chi connectivity index (χ1n) is 6.85. The van der Waals surface area contributed by atoms with E-state index in [-0.39, 0.29) is 5.03 Å². The first kappa shape index (κ1) is 16.0. The van der Waals surface area contributed by atoms with Crippen LogP contribution in [0.1, 0.15) is 33.6 Å². The lowest BCUT2D eigenvalue weighted by molar-refractivity contribution is -0.158. The Morgan fingerprint density at radius 3 is 2.62 bits per heavy atom. The Labute approximate surface area is 124 Å². The third-order valence-corrected chi connectivity index (χ3v) is 5.21. The van der Waals surface area contributed by atoms with Crippen molar-refractivity contribution in [1.29, 1.82) is 0 Å². The topological polar surface area (TPSA) is 81.5 Å². The van der Waals surface area contributed by atoms with Gasteiger partial charge in [0.2, 0.25) is 0 Å². The number of ether oxygens (including phenoxy) is 1. The summed E-state index contributed by atoms with van der Waals surface area (Å²) in [5.41, 5.74) is -0.637. The normalized spacial score (nSPS) is 20.7. The SMILES string of the molecule is Cn1nccc1S(=O)(=O)N1CCC[C@H]1C(=O)OC(C)(C)C. The van der Waals surface area contributed by atoms with Gasteiger partial charge in [-0.25, -0.2) is 8.42 Å². The van der Waals surface area contributed by atoms with E-state index >= 15 is 0 Å². The molecule has 118 valence electrons. The molecular formula is C13H21N3O4S. The largest absolute Gasteiger partial charge is 0.459 e. The third-order valence-electron chi connectivity index (χ3n) is 3.23. The molecule has 21 heavy (non-hydrogen) atoms. The summed E-state index contributed by atoms with van der Waals surface area (Å²) in [7, 11) is -2.18. The van der Waals surface area contributed by atoms with Crippen molar-refractivity contribution in [3.05, 3.63) is 12.3 Å². The predicted molar refractivity (Wildman–Crippen MR) is 76.0 cm³/mol. The van der Waals surface area contributed by atoms with Crippen molar-refractivity contribution in [2.45, 2.75) is 50.3 Å². The number of carbonyl (C=O) groups is 1. The van der Waals surface area contributed by atoms with Crippen molar-refractivity contribution in [3.8, 4) is 0 Å². The van der Waals surface area contributed by atoms with Gasteiger partial charge in [-0.1, -0.05) is 0 Å². The van der Waals surface area contributed by atoms with Crippen molar-refractivity contribution < 1.29 is 17.9 Å². The van der Waals surface area contributed by atoms with E-state index in [2.05, 4.69) is 5.10 Å². The Balaban J connectivity index is 2.27. The van der Waals surface area contributed by atoms with Crippen molar-refractivity contribution >= 4 is 16.0 Å². The lowest BCUT2D eigenvalue weighted by atomic mass is 10.2. The van der Waals surface area contributed by atoms with Crippen LogP contribution in [-0.4, -0.2) is 46.7 Å². The van der Waals surface area contributed by atoms with Crippen LogP contribution in [0.5, 0.6) is 0 Å². The van der Waals surface area contributed by atoms with Gasteiger partial charge in [0.15, 0.2) is 5.03 Å². The van der Waals surface area contributed by atoms with Gasteiger partial charge in [0, 0.05) is 13.6 Å². The quantitative estimate of drug-likeness (QED) is 0.775. The second-order valence-electron chi connectivity index (χ2n) is 6.10. The second kappa shape index (κ2) is 5.42. The van der Waals surface area contributed by atoms with Crippen LogP contribution in [0.3, 0.4) is 0 Å². The fraction of sp³-hybridized carbons (Fsp3) is 0.692. The van der Waals surface area contributed by atoms with Crippen molar-refractivity contribution in [1.82, 2.24) is 14.1 Å². The molecule has 2 heterocycles. The van der Waals surface area contributed by atoms with Crippen LogP contribution in [0.15, 0.2) is 17.3 Å². The van der Waals surface area contributed by atoms with Gasteiger partial charge in [0.05, 0.1) is 6.20 Å². The fourth-order valence-electron chi connectivity index (χ4n) is 2.37. The van der Waals surface area contributed by atoms with E-state index in [1.807, 2.05) is 0 Å². The first-order chi connectivity index (χ1) is 9.63. The molecule has 0 amide bonds. The zero-order valence-corrected chi connectivity index (χ0v) is 13.6. The molecule has 1 aliphatic rings. The zero-order chi connectivity index (χ0) is 15.8. The van der Waals surface area contributed by atoms with Gasteiger partial charge in [-0.15, -0.1) is 0 Å². The highest BCUT2D eigenvalue weighted by Gasteiger charge is 2.42. The minimum absolute atomic E-state index is 0.0814. The summed E-state index contributed by atoms with van der Waals surface area (Å²) in [4.78, 5) is 12.2. The summed E-state index contributed by atoms with van der Waals surface area (Å²) in [6, 6.07) is 0.670. The molecule has 1 aromatic heterocycles. The third kappa shape index (κ3) is 3.26. The Hall–Kier alpha value is -1.41. The monoisotopic (exact) mass is 315 g/mol. The summed E-state index contributed by atoms with van der Waals surface area (Å²) in [5.74, 6) is -0.495. The molecule has 0 aromatic carbocycles. The van der Waals surface area contributed by atoms with Crippen LogP contribution in [0, 0.1) is 0 Å². The number of rotatable bonds is 3. The molecule has 0 bridgehead atoms. The van der Waals surface area contributed by atoms with Gasteiger partial charge in [-0.05, 0) is 39.7 Å². The Bertz CT molecular complexity index is 630. The summed E-state index contributed by atoms with van der Waals surface area (Å²) < 4.78 is 33.1. The number of nitrogens with zero attached hydrogens (tertiary/aromatic N) is 3. The van der Waals surface area contributed by atoms with E-state index in [1.54, 1.807) is 27.8 Å². The summed E-state index contributed by atoms with van der Waals surface area (Å²) in [5, 5.41) is 3.96. The van der Waals surface area contributed by atoms with Gasteiger partial charge in [-0.3, -0.25) is 9.48 Å². The van der Waals surface area contributed by atoms with Crippen LogP contribution in [0.2, 0.25) is 0 Å². The lowest BCUT2D eigenvalue weighted by Gasteiger charge is -2.26. The van der Waals surface area contributed by atoms with Crippen LogP contribution in [0.4, 0.5) is 0 Å². The Morgan fingerprint density at radius 2 is 2.10 bits per heavy atom. The number of hydrogen-bond acceptors (Lipinski definition) is 5. The molecule has 2 rings (SSSR count). The average molecular weight is 315 g/mol. The van der Waals surface area contributed by atoms with E-state index in [0.29, 0.717) is 19.4 Å². The van der Waals surface area contributed by atoms with Crippen molar-refractivity contribution in [2.24, 2.45) is 7.05 Å². The van der Waals surface area contributed by atoms with E-state index < -0.39 is 27.6 Å². The van der Waals surface area contributed by atoms with Gasteiger partial charge in [0.25, 0.3) is 10.0 Å². The second-order valence-corrected chi connectivity index (χ2v) is 7.94. The number of carbonyl (C=O) groups excluding carboxylic acids is 1. The lowest BCUT2D eigenvalue weighted by Crippen LogP contribution is -2.43. The maximum absolute atomic E-state index is 12.7. The number of aryl methyl sites for hydroxylation is 1. The summed E-state index contributed by atoms with van der Waals surface area (Å²) in [6.45, 7) is 5.61. The molecule has 1 atom stereocenters. The predicted octanol–water partition coefficient (Wildman–Crippen LogP) is 0.915. The van der Waals surface area contributed by atoms with Gasteiger partial charge < -0.3 is 4.74 Å². The van der Waals surface area contributed by atoms with E-state index in [1.165, 1.54) is 21.3 Å². The van der Waals surface area contributed by atoms with Gasteiger partial charge in [-0.2, -0.15) is 9.40 Å². The van der Waals surface area contributed by atoms with Crippen LogP contribution in [-0.2, 0) is 26.6 Å². The molecule has 0 aliphatic carbocycles. The minimum Gasteiger partial charge on any atom is -0.459 e. The van der Waals surface area contributed by atoms with Gasteiger partial charge in [0.1, 0.15) is 11.6 Å². The standard InChI is InChI=1S/C13H21N3O4S/c1-13(2,3)20-12(17)10-6-5-9-16(10)21(18,19)11-7-8-14-15(11)4/h7-8,10H,5-6,9H2,1-4H3/t10-/m0/s1. The Morgan fingerprint density at radius 1 is 1.43 bits per heavy atom. The van der Waals surface area contributed by atoms with Crippen molar-refractivity contribution in [2.75, 3.05) is 6.54 Å². The molecular weight excluding hydrogens is 294 g/mol. The molecule has 1 saturated heterocycles. The van der Waals surface area contributed by atoms with Crippen LogP contribution >= 0.6 is 0 Å². The minimum atomic E-state index is -3.74. The number of sulfonamides is 1. The molecule has 0 N–H and O–H groups in total. The highest BCUT2D eigenvalue weighted by atomic mass is 32.2. The molecule has 1 aliphatic heterocycles. The van der Waals surface area contributed by atoms with Crippen molar-refractivity contribution in [3.63, 3.8) is 0 Å². The first-order valence-corrected chi connectivity index (χ1v) is 8.29. The molecule has 0 radical (unpaired) electrons. The zero-order valence-electron chi connectivity index (χ0n) is 12.7. The van der Waals surface area contributed by atoms with Crippen LogP contribution < -0.4 is 0 Å². The van der Waals surface area contributed by atoms with E-state index in [4.69, 9.17) is 4.74 Å². The molecule has 7 nitrogen and oxygen atoms in total. The number of esters is 1. The number of aromatic nitrogens is 2. The smallest absolute Gasteiger partial charge is 0.324 e. The van der Waals surface area contributed by atoms with Crippen LogP contribution in [0.25, 0.3) is 0 Å². The molecule has 0 spiro atoms. The molecule has 1 aromatic rings. The maximum Gasteiger partial charge on any atom is 0.324 e.